The zero-order valence-corrected chi connectivity index (χ0v) is 37.4. The number of anilines is 1. The Morgan fingerprint density at radius 3 is 2.39 bits per heavy atom. The number of ether oxygens (including phenoxy) is 1. The van der Waals surface area contributed by atoms with Gasteiger partial charge in [-0.05, 0) is 117 Å². The van der Waals surface area contributed by atoms with Crippen molar-refractivity contribution < 1.29 is 24.2 Å². The highest BCUT2D eigenvalue weighted by molar-refractivity contribution is 5.94. The molecule has 15 nitrogen and oxygen atoms in total. The topological polar surface area (TPSA) is 202 Å². The van der Waals surface area contributed by atoms with Crippen molar-refractivity contribution in [1.82, 2.24) is 29.6 Å². The maximum atomic E-state index is 13.9. The van der Waals surface area contributed by atoms with Crippen LogP contribution in [0.15, 0.2) is 78.5 Å². The molecule has 4 aliphatic rings. The van der Waals surface area contributed by atoms with Crippen LogP contribution in [0.5, 0.6) is 5.75 Å². The van der Waals surface area contributed by atoms with Gasteiger partial charge in [-0.15, -0.1) is 0 Å². The van der Waals surface area contributed by atoms with Crippen molar-refractivity contribution in [2.75, 3.05) is 64.3 Å². The Kier molecular flexibility index (Phi) is 13.5. The number of nitrogens with zero attached hydrogens (tertiary/aromatic N) is 6. The highest BCUT2D eigenvalue weighted by Gasteiger charge is 2.33. The minimum Gasteiger partial charge on any atom is -0.507 e. The molecular weight excluding hydrogens is 809 g/mol. The summed E-state index contributed by atoms with van der Waals surface area (Å²) in [6, 6.07) is 15.4. The molecule has 0 spiro atoms. The van der Waals surface area contributed by atoms with Crippen molar-refractivity contribution in [2.24, 2.45) is 23.1 Å². The van der Waals surface area contributed by atoms with Crippen LogP contribution in [0, 0.1) is 12.8 Å². The second-order valence-corrected chi connectivity index (χ2v) is 18.3. The number of pyridine rings is 1. The lowest BCUT2D eigenvalue weighted by Gasteiger charge is -2.39. The number of morpholine rings is 1. The number of amides is 3. The number of phenolic OH excluding ortho intramolecular Hbond substituents is 1. The number of hydrogen-bond donors (Lipinski definition) is 5. The molecule has 5 heterocycles. The molecule has 8 N–H and O–H groups in total. The molecule has 0 bridgehead atoms. The average molecular weight is 873 g/mol. The van der Waals surface area contributed by atoms with Crippen LogP contribution in [-0.2, 0) is 14.3 Å². The lowest BCUT2D eigenvalue weighted by atomic mass is 9.93. The Hall–Kier alpha value is -6.06. The largest absolute Gasteiger partial charge is 0.507 e. The molecule has 2 aromatic heterocycles. The van der Waals surface area contributed by atoms with Gasteiger partial charge in [-0.2, -0.15) is 0 Å². The SMILES string of the molecule is Cc1cc(C(=O)N2CCC(CN3CCC(n4cc(C5CC5)c5cc(N(C)CCC(=O)NC=O)cnc54)CC3)CC2)ccc1C1CN(C(/C=C(\N)c2ccccc2O)=C(N)N)CC(C)O1. The number of allylic oxidation sites excluding steroid dienone is 1. The van der Waals surface area contributed by atoms with E-state index in [0.29, 0.717) is 66.4 Å². The fourth-order valence-electron chi connectivity index (χ4n) is 9.92. The minimum atomic E-state index is -0.288. The number of aromatic hydroxyl groups is 1. The molecule has 1 saturated carbocycles. The zero-order valence-electron chi connectivity index (χ0n) is 37.4. The van der Waals surface area contributed by atoms with E-state index in [2.05, 4.69) is 31.9 Å². The van der Waals surface area contributed by atoms with E-state index in [0.717, 1.165) is 80.9 Å². The normalized spacial score (nSPS) is 20.3. The first-order valence-electron chi connectivity index (χ1n) is 22.8. The zero-order chi connectivity index (χ0) is 45.1. The van der Waals surface area contributed by atoms with Gasteiger partial charge in [0.2, 0.25) is 12.3 Å². The van der Waals surface area contributed by atoms with Gasteiger partial charge < -0.3 is 51.2 Å². The first kappa shape index (κ1) is 44.5. The van der Waals surface area contributed by atoms with Crippen LogP contribution in [0.25, 0.3) is 16.7 Å². The first-order chi connectivity index (χ1) is 30.9. The van der Waals surface area contributed by atoms with Gasteiger partial charge >= 0.3 is 0 Å². The standard InChI is InChI=1S/C49H64N10O5/c1-31-22-35(10-11-38(31)45-29-58(26-32(2)64-45)43(47(51)52)24-42(50)39-6-4-5-7-44(39)61)49(63)57-20-12-33(13-21-57)27-56-18-14-36(15-19-56)59-28-41(34-8-9-34)40-23-37(25-53-48(40)59)55(3)17-16-46(62)54-30-60/h4-7,10-11,22-25,28,30,32-34,36,45,61H,8-9,12-21,26-27,29,50-52H2,1-3H3,(H,54,60,62)/b42-24-. The molecule has 2 atom stereocenters. The van der Waals surface area contributed by atoms with Gasteiger partial charge in [0.05, 0.1) is 23.7 Å². The number of carbonyl (C=O) groups is 3. The number of piperidine rings is 2. The highest BCUT2D eigenvalue weighted by atomic mass is 16.5. The van der Waals surface area contributed by atoms with Crippen LogP contribution in [0.3, 0.4) is 0 Å². The van der Waals surface area contributed by atoms with Crippen molar-refractivity contribution in [2.45, 2.75) is 83.0 Å². The van der Waals surface area contributed by atoms with E-state index in [-0.39, 0.29) is 42.0 Å². The Balaban J connectivity index is 0.834. The molecule has 64 heavy (non-hydrogen) atoms. The van der Waals surface area contributed by atoms with Gasteiger partial charge in [-0.25, -0.2) is 4.98 Å². The van der Waals surface area contributed by atoms with Crippen LogP contribution < -0.4 is 27.4 Å². The Bertz CT molecular complexity index is 2410. The van der Waals surface area contributed by atoms with Crippen molar-refractivity contribution in [3.8, 4) is 5.75 Å². The van der Waals surface area contributed by atoms with E-state index < -0.39 is 0 Å². The lowest BCUT2D eigenvalue weighted by molar-refractivity contribution is -0.125. The Morgan fingerprint density at radius 1 is 0.953 bits per heavy atom. The molecule has 3 aliphatic heterocycles. The number of para-hydroxylation sites is 1. The van der Waals surface area contributed by atoms with E-state index in [9.17, 15) is 19.5 Å². The maximum absolute atomic E-state index is 13.9. The van der Waals surface area contributed by atoms with E-state index in [1.807, 2.05) is 61.2 Å². The van der Waals surface area contributed by atoms with Crippen LogP contribution in [0.4, 0.5) is 5.69 Å². The van der Waals surface area contributed by atoms with Gasteiger partial charge in [-0.1, -0.05) is 18.2 Å². The van der Waals surface area contributed by atoms with Gasteiger partial charge in [0.15, 0.2) is 0 Å². The molecular formula is C49H64N10O5. The van der Waals surface area contributed by atoms with E-state index in [4.69, 9.17) is 26.9 Å². The molecule has 2 unspecified atom stereocenters. The Labute approximate surface area is 375 Å². The molecule has 3 saturated heterocycles. The molecule has 4 aromatic rings. The van der Waals surface area contributed by atoms with Crippen molar-refractivity contribution in [1.29, 1.82) is 0 Å². The number of imide groups is 1. The second-order valence-electron chi connectivity index (χ2n) is 18.3. The summed E-state index contributed by atoms with van der Waals surface area (Å²) in [6.45, 7) is 10.2. The van der Waals surface area contributed by atoms with E-state index in [1.54, 1.807) is 24.3 Å². The fourth-order valence-corrected chi connectivity index (χ4v) is 9.92. The fraction of sp³-hybridized carbons (Fsp3) is 0.469. The maximum Gasteiger partial charge on any atom is 0.253 e. The number of nitrogens with two attached hydrogens (primary N) is 3. The van der Waals surface area contributed by atoms with E-state index >= 15 is 0 Å². The monoisotopic (exact) mass is 873 g/mol. The third-order valence-corrected chi connectivity index (χ3v) is 13.7. The van der Waals surface area contributed by atoms with Gasteiger partial charge in [0.1, 0.15) is 23.3 Å². The molecule has 8 rings (SSSR count). The first-order valence-corrected chi connectivity index (χ1v) is 22.8. The quantitative estimate of drug-likeness (QED) is 0.0834. The van der Waals surface area contributed by atoms with Crippen LogP contribution in [0.2, 0.25) is 0 Å². The summed E-state index contributed by atoms with van der Waals surface area (Å²) in [7, 11) is 1.96. The molecule has 3 amide bonds. The number of likely N-dealkylation sites (tertiary alicyclic amines) is 2. The van der Waals surface area contributed by atoms with Crippen LogP contribution >= 0.6 is 0 Å². The lowest BCUT2D eigenvalue weighted by Crippen LogP contribution is -2.44. The molecule has 1 aliphatic carbocycles. The van der Waals surface area contributed by atoms with Gasteiger partial charge in [0, 0.05) is 100 Å². The summed E-state index contributed by atoms with van der Waals surface area (Å²) in [6.07, 6.45) is 12.8. The summed E-state index contributed by atoms with van der Waals surface area (Å²) in [4.78, 5) is 50.1. The molecule has 0 radical (unpaired) electrons. The van der Waals surface area contributed by atoms with Crippen molar-refractivity contribution in [3.05, 3.63) is 106 Å². The number of fused-ring (bicyclic) bond motifs is 1. The predicted octanol–water partition coefficient (Wildman–Crippen LogP) is 5.06. The predicted molar refractivity (Wildman–Crippen MR) is 249 cm³/mol. The molecule has 340 valence electrons. The van der Waals surface area contributed by atoms with Gasteiger partial charge in [-0.3, -0.25) is 19.7 Å². The van der Waals surface area contributed by atoms with Crippen molar-refractivity contribution in [3.63, 3.8) is 0 Å². The molecule has 4 fully saturated rings. The molecule has 2 aromatic carbocycles. The van der Waals surface area contributed by atoms with Crippen LogP contribution in [0.1, 0.15) is 103 Å². The summed E-state index contributed by atoms with van der Waals surface area (Å²) in [5.74, 6) is 1.12. The third-order valence-electron chi connectivity index (χ3n) is 13.7. The number of aromatic nitrogens is 2. The number of nitrogens with one attached hydrogen (secondary N) is 1. The smallest absolute Gasteiger partial charge is 0.253 e. The average Bonchev–Trinajstić information content (AvgIpc) is 4.07. The van der Waals surface area contributed by atoms with Crippen molar-refractivity contribution >= 4 is 40.6 Å². The summed E-state index contributed by atoms with van der Waals surface area (Å²) >= 11 is 0. The highest BCUT2D eigenvalue weighted by Crippen LogP contribution is 2.45. The summed E-state index contributed by atoms with van der Waals surface area (Å²) < 4.78 is 8.87. The number of phenols is 1. The van der Waals surface area contributed by atoms with Gasteiger partial charge in [0.25, 0.3) is 5.91 Å². The third kappa shape index (κ3) is 10.0. The summed E-state index contributed by atoms with van der Waals surface area (Å²) in [5, 5.41) is 13.8. The van der Waals surface area contributed by atoms with Crippen LogP contribution in [-0.4, -0.2) is 113 Å². The second kappa shape index (κ2) is 19.4. The van der Waals surface area contributed by atoms with E-state index in [1.165, 1.54) is 23.8 Å². The number of carbonyl (C=O) groups excluding carboxylic acids is 3. The summed E-state index contributed by atoms with van der Waals surface area (Å²) in [5.41, 5.74) is 26.3. The Morgan fingerprint density at radius 2 is 1.70 bits per heavy atom. The number of rotatable bonds is 14. The number of benzene rings is 2. The minimum absolute atomic E-state index is 0.0678. The number of hydrogen-bond acceptors (Lipinski definition) is 12. The number of aryl methyl sites for hydroxylation is 1. The molecule has 15 heteroatoms.